The third-order valence-electron chi connectivity index (χ3n) is 4.39. The van der Waals surface area contributed by atoms with Crippen molar-refractivity contribution in [1.29, 1.82) is 0 Å². The van der Waals surface area contributed by atoms with Crippen LogP contribution < -0.4 is 24.8 Å². The maximum atomic E-state index is 5.44. The van der Waals surface area contributed by atoms with Crippen LogP contribution >= 0.6 is 0 Å². The summed E-state index contributed by atoms with van der Waals surface area (Å²) < 4.78 is 15.9. The molecule has 0 saturated carbocycles. The number of aromatic nitrogens is 2. The maximum absolute atomic E-state index is 5.44. The molecule has 7 heteroatoms. The molecule has 0 saturated heterocycles. The maximum Gasteiger partial charge on any atom is 0.146 e. The molecule has 7 nitrogen and oxygen atoms in total. The molecule has 3 aromatic rings. The molecular weight excluding hydrogens is 368 g/mol. The van der Waals surface area contributed by atoms with E-state index in [1.165, 1.54) is 5.56 Å². The molecule has 0 aliphatic rings. The lowest BCUT2D eigenvalue weighted by atomic mass is 10.1. The molecule has 1 heterocycles. The molecule has 3 rings (SSSR count). The van der Waals surface area contributed by atoms with Crippen molar-refractivity contribution >= 4 is 17.3 Å². The molecule has 0 atom stereocenters. The van der Waals surface area contributed by atoms with E-state index in [9.17, 15) is 0 Å². The van der Waals surface area contributed by atoms with E-state index in [1.807, 2.05) is 43.3 Å². The highest BCUT2D eigenvalue weighted by molar-refractivity contribution is 5.67. The molecule has 1 aromatic heterocycles. The van der Waals surface area contributed by atoms with Crippen LogP contribution in [0.2, 0.25) is 0 Å². The number of nitrogens with one attached hydrogen (secondary N) is 2. The molecular formula is C22H26N4O3. The first-order valence-electron chi connectivity index (χ1n) is 9.33. The minimum atomic E-state index is 0.675. The summed E-state index contributed by atoms with van der Waals surface area (Å²) in [6.07, 6.45) is 0.877. The summed E-state index contributed by atoms with van der Waals surface area (Å²) >= 11 is 0. The average molecular weight is 394 g/mol. The van der Waals surface area contributed by atoms with E-state index in [4.69, 9.17) is 14.2 Å². The third-order valence-corrected chi connectivity index (χ3v) is 4.39. The second-order valence-corrected chi connectivity index (χ2v) is 6.40. The number of aryl methyl sites for hydroxylation is 1. The molecule has 0 radical (unpaired) electrons. The summed E-state index contributed by atoms with van der Waals surface area (Å²) in [7, 11) is 4.91. The molecule has 0 fully saturated rings. The van der Waals surface area contributed by atoms with Crippen LogP contribution in [0, 0.1) is 6.92 Å². The Labute approximate surface area is 171 Å². The first-order valence-corrected chi connectivity index (χ1v) is 9.33. The second-order valence-electron chi connectivity index (χ2n) is 6.40. The van der Waals surface area contributed by atoms with Gasteiger partial charge in [-0.15, -0.1) is 0 Å². The summed E-state index contributed by atoms with van der Waals surface area (Å²) in [5.41, 5.74) is 2.03. The lowest BCUT2D eigenvalue weighted by Gasteiger charge is -2.13. The van der Waals surface area contributed by atoms with Crippen LogP contribution in [-0.4, -0.2) is 37.8 Å². The van der Waals surface area contributed by atoms with Crippen molar-refractivity contribution in [3.8, 4) is 17.2 Å². The SMILES string of the molecule is COc1ccc(CCNc2cc(Nc3ccc(OC)cc3OC)nc(C)n2)cc1. The highest BCUT2D eigenvalue weighted by Gasteiger charge is 2.08. The summed E-state index contributed by atoms with van der Waals surface area (Å²) in [4.78, 5) is 8.94. The highest BCUT2D eigenvalue weighted by Crippen LogP contribution is 2.31. The third kappa shape index (κ3) is 5.51. The number of nitrogens with zero attached hydrogens (tertiary/aromatic N) is 2. The average Bonchev–Trinajstić information content (AvgIpc) is 2.74. The lowest BCUT2D eigenvalue weighted by molar-refractivity contribution is 0.395. The highest BCUT2D eigenvalue weighted by atomic mass is 16.5. The van der Waals surface area contributed by atoms with Gasteiger partial charge in [0.25, 0.3) is 0 Å². The Balaban J connectivity index is 1.66. The minimum absolute atomic E-state index is 0.675. The fourth-order valence-corrected chi connectivity index (χ4v) is 2.89. The van der Waals surface area contributed by atoms with E-state index in [-0.39, 0.29) is 0 Å². The van der Waals surface area contributed by atoms with Gasteiger partial charge in [0.05, 0.1) is 27.0 Å². The van der Waals surface area contributed by atoms with Crippen molar-refractivity contribution in [2.45, 2.75) is 13.3 Å². The first-order chi connectivity index (χ1) is 14.1. The zero-order valence-corrected chi connectivity index (χ0v) is 17.2. The van der Waals surface area contributed by atoms with Gasteiger partial charge in [-0.05, 0) is 43.2 Å². The largest absolute Gasteiger partial charge is 0.497 e. The Hall–Kier alpha value is -3.48. The van der Waals surface area contributed by atoms with Gasteiger partial charge in [0, 0.05) is 18.7 Å². The van der Waals surface area contributed by atoms with Gasteiger partial charge in [-0.2, -0.15) is 0 Å². The summed E-state index contributed by atoms with van der Waals surface area (Å²) in [6, 6.07) is 15.5. The van der Waals surface area contributed by atoms with E-state index in [2.05, 4.69) is 32.7 Å². The summed E-state index contributed by atoms with van der Waals surface area (Å²) in [5.74, 6) is 4.39. The molecule has 0 bridgehead atoms. The van der Waals surface area contributed by atoms with Gasteiger partial charge in [0.1, 0.15) is 34.7 Å². The molecule has 29 heavy (non-hydrogen) atoms. The number of benzene rings is 2. The van der Waals surface area contributed by atoms with Crippen molar-refractivity contribution in [3.63, 3.8) is 0 Å². The number of hydrogen-bond donors (Lipinski definition) is 2. The zero-order chi connectivity index (χ0) is 20.6. The topological polar surface area (TPSA) is 77.5 Å². The van der Waals surface area contributed by atoms with Gasteiger partial charge in [-0.3, -0.25) is 0 Å². The van der Waals surface area contributed by atoms with E-state index in [0.717, 1.165) is 36.0 Å². The van der Waals surface area contributed by atoms with Crippen molar-refractivity contribution in [2.75, 3.05) is 38.5 Å². The molecule has 0 aliphatic heterocycles. The smallest absolute Gasteiger partial charge is 0.146 e. The van der Waals surface area contributed by atoms with Crippen LogP contribution in [0.3, 0.4) is 0 Å². The van der Waals surface area contributed by atoms with Gasteiger partial charge < -0.3 is 24.8 Å². The number of hydrogen-bond acceptors (Lipinski definition) is 7. The van der Waals surface area contributed by atoms with E-state index < -0.39 is 0 Å². The fourth-order valence-electron chi connectivity index (χ4n) is 2.89. The predicted molar refractivity (Wildman–Crippen MR) is 115 cm³/mol. The van der Waals surface area contributed by atoms with Crippen LogP contribution in [0.25, 0.3) is 0 Å². The van der Waals surface area contributed by atoms with Gasteiger partial charge in [0.15, 0.2) is 0 Å². The second kappa shape index (κ2) is 9.64. The Morgan fingerprint density at radius 2 is 1.48 bits per heavy atom. The van der Waals surface area contributed by atoms with Crippen LogP contribution in [0.15, 0.2) is 48.5 Å². The molecule has 2 N–H and O–H groups in total. The van der Waals surface area contributed by atoms with Crippen LogP contribution in [0.5, 0.6) is 17.2 Å². The quantitative estimate of drug-likeness (QED) is 0.563. The van der Waals surface area contributed by atoms with E-state index in [0.29, 0.717) is 17.4 Å². The summed E-state index contributed by atoms with van der Waals surface area (Å²) in [6.45, 7) is 2.62. The normalized spacial score (nSPS) is 10.3. The Kier molecular flexibility index (Phi) is 6.73. The van der Waals surface area contributed by atoms with Crippen molar-refractivity contribution in [3.05, 3.63) is 59.9 Å². The van der Waals surface area contributed by atoms with Gasteiger partial charge >= 0.3 is 0 Å². The Bertz CT molecular complexity index is 945. The van der Waals surface area contributed by atoms with E-state index >= 15 is 0 Å². The van der Waals surface area contributed by atoms with Gasteiger partial charge in [0.2, 0.25) is 0 Å². The Morgan fingerprint density at radius 3 is 2.17 bits per heavy atom. The van der Waals surface area contributed by atoms with Gasteiger partial charge in [-0.25, -0.2) is 9.97 Å². The first kappa shape index (κ1) is 20.3. The standard InChI is InChI=1S/C22H26N4O3/c1-15-24-21(23-12-11-16-5-7-17(27-2)8-6-16)14-22(25-15)26-19-10-9-18(28-3)13-20(19)29-4/h5-10,13-14H,11-12H2,1-4H3,(H2,23,24,25,26). The number of rotatable bonds is 9. The Morgan fingerprint density at radius 1 is 0.793 bits per heavy atom. The number of anilines is 3. The van der Waals surface area contributed by atoms with Gasteiger partial charge in [-0.1, -0.05) is 12.1 Å². The zero-order valence-electron chi connectivity index (χ0n) is 17.2. The van der Waals surface area contributed by atoms with Crippen LogP contribution in [0.1, 0.15) is 11.4 Å². The van der Waals surface area contributed by atoms with Crippen LogP contribution in [0.4, 0.5) is 17.3 Å². The molecule has 0 aliphatic carbocycles. The van der Waals surface area contributed by atoms with Crippen LogP contribution in [-0.2, 0) is 6.42 Å². The predicted octanol–water partition coefficient (Wildman–Crippen LogP) is 4.21. The number of ether oxygens (including phenoxy) is 3. The monoisotopic (exact) mass is 394 g/mol. The summed E-state index contributed by atoms with van der Waals surface area (Å²) in [5, 5.41) is 6.65. The molecule has 2 aromatic carbocycles. The minimum Gasteiger partial charge on any atom is -0.497 e. The van der Waals surface area contributed by atoms with Crippen molar-refractivity contribution < 1.29 is 14.2 Å². The van der Waals surface area contributed by atoms with Crippen molar-refractivity contribution in [1.82, 2.24) is 9.97 Å². The molecule has 152 valence electrons. The molecule has 0 spiro atoms. The number of methoxy groups -OCH3 is 3. The lowest BCUT2D eigenvalue weighted by Crippen LogP contribution is -2.08. The fraction of sp³-hybridized carbons (Fsp3) is 0.273. The van der Waals surface area contributed by atoms with Crippen molar-refractivity contribution in [2.24, 2.45) is 0 Å². The molecule has 0 amide bonds. The van der Waals surface area contributed by atoms with E-state index in [1.54, 1.807) is 21.3 Å². The molecule has 0 unspecified atom stereocenters.